The van der Waals surface area contributed by atoms with E-state index in [0.29, 0.717) is 6.54 Å². The highest BCUT2D eigenvalue weighted by molar-refractivity contribution is 5.29. The summed E-state index contributed by atoms with van der Waals surface area (Å²) in [5, 5.41) is 6.78. The summed E-state index contributed by atoms with van der Waals surface area (Å²) in [7, 11) is 2.93. The summed E-state index contributed by atoms with van der Waals surface area (Å²) in [6.45, 7) is 0.613. The Labute approximate surface area is 99.3 Å². The lowest BCUT2D eigenvalue weighted by Crippen LogP contribution is -2.40. The normalized spacial score (nSPS) is 9.94. The first kappa shape index (κ1) is 13.0. The molecule has 1 heterocycles. The van der Waals surface area contributed by atoms with E-state index >= 15 is 0 Å². The summed E-state index contributed by atoms with van der Waals surface area (Å²) >= 11 is 0. The molecule has 1 rings (SSSR count). The Morgan fingerprint density at radius 3 is 2.71 bits per heavy atom. The van der Waals surface area contributed by atoms with Gasteiger partial charge >= 0.3 is 5.69 Å². The van der Waals surface area contributed by atoms with Gasteiger partial charge in [-0.3, -0.25) is 9.36 Å². The second-order valence-corrected chi connectivity index (χ2v) is 3.71. The lowest BCUT2D eigenvalue weighted by Gasteiger charge is -2.07. The third-order valence-corrected chi connectivity index (χ3v) is 2.36. The van der Waals surface area contributed by atoms with Gasteiger partial charge in [-0.05, 0) is 12.8 Å². The van der Waals surface area contributed by atoms with E-state index in [2.05, 4.69) is 16.3 Å². The lowest BCUT2D eigenvalue weighted by atomic mass is 10.2. The maximum atomic E-state index is 11.7. The van der Waals surface area contributed by atoms with Crippen LogP contribution in [0.4, 0.5) is 5.82 Å². The van der Waals surface area contributed by atoms with Crippen molar-refractivity contribution >= 4 is 5.82 Å². The minimum absolute atomic E-state index is 0.190. The van der Waals surface area contributed by atoms with Gasteiger partial charge in [0.2, 0.25) is 5.82 Å². The number of hydrogen-bond donors (Lipinski definition) is 1. The number of nitrogens with zero attached hydrogens (tertiary/aromatic N) is 3. The van der Waals surface area contributed by atoms with Gasteiger partial charge in [-0.1, -0.05) is 0 Å². The predicted octanol–water partition coefficient (Wildman–Crippen LogP) is -0.306. The van der Waals surface area contributed by atoms with Gasteiger partial charge in [-0.2, -0.15) is 0 Å². The number of nitrogens with one attached hydrogen (secondary N) is 1. The zero-order valence-electron chi connectivity index (χ0n) is 10.1. The number of terminal acetylenes is 1. The summed E-state index contributed by atoms with van der Waals surface area (Å²) in [5.41, 5.74) is -0.849. The van der Waals surface area contributed by atoms with Gasteiger partial charge in [-0.25, -0.2) is 9.48 Å². The maximum Gasteiger partial charge on any atom is 0.346 e. The van der Waals surface area contributed by atoms with Gasteiger partial charge in [0.05, 0.1) is 0 Å². The molecule has 0 spiro atoms. The monoisotopic (exact) mass is 236 g/mol. The smallest absolute Gasteiger partial charge is 0.346 e. The molecule has 0 amide bonds. The van der Waals surface area contributed by atoms with Gasteiger partial charge in [0.15, 0.2) is 0 Å². The Morgan fingerprint density at radius 1 is 1.35 bits per heavy atom. The minimum Gasteiger partial charge on any atom is -0.364 e. The predicted molar refractivity (Wildman–Crippen MR) is 65.9 cm³/mol. The largest absolute Gasteiger partial charge is 0.364 e. The highest BCUT2D eigenvalue weighted by Gasteiger charge is 2.07. The molecule has 0 bridgehead atoms. The fraction of sp³-hybridized carbons (Fsp3) is 0.545. The molecule has 0 radical (unpaired) electrons. The van der Waals surface area contributed by atoms with Crippen LogP contribution in [0.2, 0.25) is 0 Å². The second kappa shape index (κ2) is 5.89. The number of unbranched alkanes of at least 4 members (excludes halogenated alkanes) is 2. The Morgan fingerprint density at radius 2 is 2.06 bits per heavy atom. The molecular weight excluding hydrogens is 220 g/mol. The van der Waals surface area contributed by atoms with E-state index in [1.807, 2.05) is 0 Å². The van der Waals surface area contributed by atoms with Crippen molar-refractivity contribution in [3.63, 3.8) is 0 Å². The molecule has 0 saturated heterocycles. The molecule has 0 aliphatic heterocycles. The van der Waals surface area contributed by atoms with Crippen molar-refractivity contribution in [1.29, 1.82) is 0 Å². The Hall–Kier alpha value is -2.03. The average molecular weight is 236 g/mol. The van der Waals surface area contributed by atoms with Gasteiger partial charge in [0, 0.05) is 27.1 Å². The van der Waals surface area contributed by atoms with Crippen molar-refractivity contribution in [3.05, 3.63) is 20.8 Å². The van der Waals surface area contributed by atoms with Crippen molar-refractivity contribution in [2.45, 2.75) is 19.3 Å². The van der Waals surface area contributed by atoms with Crippen LogP contribution in [0.15, 0.2) is 9.59 Å². The third-order valence-electron chi connectivity index (χ3n) is 2.36. The summed E-state index contributed by atoms with van der Waals surface area (Å²) in [4.78, 5) is 23.0. The van der Waals surface area contributed by atoms with Crippen molar-refractivity contribution in [1.82, 2.24) is 14.3 Å². The van der Waals surface area contributed by atoms with E-state index in [9.17, 15) is 9.59 Å². The number of hydrogen-bond acceptors (Lipinski definition) is 4. The van der Waals surface area contributed by atoms with E-state index in [4.69, 9.17) is 6.42 Å². The summed E-state index contributed by atoms with van der Waals surface area (Å²) in [6, 6.07) is 0. The topological polar surface area (TPSA) is 68.9 Å². The number of rotatable bonds is 5. The molecule has 1 N–H and O–H groups in total. The Bertz CT molecular complexity index is 536. The van der Waals surface area contributed by atoms with Crippen molar-refractivity contribution in [2.24, 2.45) is 14.1 Å². The first-order chi connectivity index (χ1) is 8.07. The fourth-order valence-corrected chi connectivity index (χ4v) is 1.37. The SMILES string of the molecule is C#CCCCCNc1nn(C)c(=O)n(C)c1=O. The Kier molecular flexibility index (Phi) is 4.52. The number of aromatic nitrogens is 3. The van der Waals surface area contributed by atoms with Gasteiger partial charge in [0.1, 0.15) is 0 Å². The molecule has 0 fully saturated rings. The van der Waals surface area contributed by atoms with Crippen molar-refractivity contribution in [3.8, 4) is 12.3 Å². The quantitative estimate of drug-likeness (QED) is 0.562. The van der Waals surface area contributed by atoms with Crippen molar-refractivity contribution in [2.75, 3.05) is 11.9 Å². The fourth-order valence-electron chi connectivity index (χ4n) is 1.37. The molecule has 0 aliphatic carbocycles. The minimum atomic E-state index is -0.437. The molecule has 1 aromatic heterocycles. The van der Waals surface area contributed by atoms with E-state index in [1.165, 1.54) is 14.1 Å². The molecule has 0 atom stereocenters. The second-order valence-electron chi connectivity index (χ2n) is 3.71. The third kappa shape index (κ3) is 3.21. The van der Waals surface area contributed by atoms with Crippen LogP contribution in [0.5, 0.6) is 0 Å². The average Bonchev–Trinajstić information content (AvgIpc) is 2.32. The zero-order valence-corrected chi connectivity index (χ0v) is 10.1. The lowest BCUT2D eigenvalue weighted by molar-refractivity contribution is 0.603. The van der Waals surface area contributed by atoms with E-state index < -0.39 is 11.2 Å². The van der Waals surface area contributed by atoms with Gasteiger partial charge in [0.25, 0.3) is 5.56 Å². The molecular formula is C11H16N4O2. The molecule has 0 saturated carbocycles. The Balaban J connectivity index is 2.70. The van der Waals surface area contributed by atoms with Crippen LogP contribution in [0.1, 0.15) is 19.3 Å². The van der Waals surface area contributed by atoms with Crippen molar-refractivity contribution < 1.29 is 0 Å². The van der Waals surface area contributed by atoms with Gasteiger partial charge in [-0.15, -0.1) is 17.4 Å². The summed E-state index contributed by atoms with van der Waals surface area (Å²) < 4.78 is 2.15. The number of anilines is 1. The molecule has 0 aliphatic rings. The van der Waals surface area contributed by atoms with Crippen LogP contribution in [0.3, 0.4) is 0 Å². The molecule has 1 aromatic rings. The number of aryl methyl sites for hydroxylation is 1. The molecule has 0 aromatic carbocycles. The molecule has 17 heavy (non-hydrogen) atoms. The highest BCUT2D eigenvalue weighted by atomic mass is 16.2. The van der Waals surface area contributed by atoms with Crippen LogP contribution in [-0.2, 0) is 14.1 Å². The molecule has 6 heteroatoms. The molecule has 0 unspecified atom stereocenters. The summed E-state index contributed by atoms with van der Waals surface area (Å²) in [5.74, 6) is 2.74. The zero-order chi connectivity index (χ0) is 12.8. The first-order valence-electron chi connectivity index (χ1n) is 5.39. The summed E-state index contributed by atoms with van der Waals surface area (Å²) in [6.07, 6.45) is 7.61. The molecule has 92 valence electrons. The van der Waals surface area contributed by atoms with E-state index in [1.54, 1.807) is 0 Å². The van der Waals surface area contributed by atoms with Crippen LogP contribution >= 0.6 is 0 Å². The van der Waals surface area contributed by atoms with Crippen LogP contribution < -0.4 is 16.6 Å². The van der Waals surface area contributed by atoms with Crippen LogP contribution in [0, 0.1) is 12.3 Å². The first-order valence-corrected chi connectivity index (χ1v) is 5.39. The van der Waals surface area contributed by atoms with E-state index in [-0.39, 0.29) is 5.82 Å². The van der Waals surface area contributed by atoms with Gasteiger partial charge < -0.3 is 5.32 Å². The standard InChI is InChI=1S/C11H16N4O2/c1-4-5-6-7-8-12-9-10(16)14(2)11(17)15(3)13-9/h1H,5-8H2,2-3H3,(H,12,13). The highest BCUT2D eigenvalue weighted by Crippen LogP contribution is 1.95. The van der Waals surface area contributed by atoms with Crippen LogP contribution in [-0.4, -0.2) is 20.9 Å². The van der Waals surface area contributed by atoms with Crippen LogP contribution in [0.25, 0.3) is 0 Å². The van der Waals surface area contributed by atoms with E-state index in [0.717, 1.165) is 28.5 Å². The maximum absolute atomic E-state index is 11.7. The molecule has 6 nitrogen and oxygen atoms in total.